The average Bonchev–Trinajstić information content (AvgIpc) is 2.43. The van der Waals surface area contributed by atoms with Gasteiger partial charge in [-0.1, -0.05) is 0 Å². The van der Waals surface area contributed by atoms with Gasteiger partial charge in [-0.25, -0.2) is 9.78 Å². The zero-order valence-electron chi connectivity index (χ0n) is 10.4. The number of H-pyrrole nitrogens is 1. The van der Waals surface area contributed by atoms with Crippen molar-refractivity contribution < 1.29 is 14.8 Å². The Kier molecular flexibility index (Phi) is 3.79. The van der Waals surface area contributed by atoms with Gasteiger partial charge in [-0.15, -0.1) is 0 Å². The maximum atomic E-state index is 11.6. The summed E-state index contributed by atoms with van der Waals surface area (Å²) in [6.45, 7) is 0. The van der Waals surface area contributed by atoms with Crippen LogP contribution in [0.4, 0.5) is 22.1 Å². The Morgan fingerprint density at radius 1 is 1.29 bits per heavy atom. The van der Waals surface area contributed by atoms with Crippen LogP contribution in [0, 0.1) is 10.1 Å². The molecule has 0 aliphatic heterocycles. The molecule has 0 bridgehead atoms. The number of hydrogen-bond acceptors (Lipinski definition) is 6. The van der Waals surface area contributed by atoms with Crippen LogP contribution in [0.15, 0.2) is 35.3 Å². The lowest BCUT2D eigenvalue weighted by molar-refractivity contribution is -0.384. The van der Waals surface area contributed by atoms with Crippen molar-refractivity contribution in [3.8, 4) is 5.75 Å². The Hall–Kier alpha value is -3.43. The van der Waals surface area contributed by atoms with Crippen molar-refractivity contribution in [1.82, 2.24) is 9.97 Å². The zero-order valence-corrected chi connectivity index (χ0v) is 10.4. The molecule has 108 valence electrons. The van der Waals surface area contributed by atoms with Crippen LogP contribution in [-0.2, 0) is 0 Å². The van der Waals surface area contributed by atoms with Crippen molar-refractivity contribution in [2.24, 2.45) is 0 Å². The minimum atomic E-state index is -0.796. The smallest absolute Gasteiger partial charge is 0.326 e. The Bertz CT molecular complexity index is 739. The summed E-state index contributed by atoms with van der Waals surface area (Å²) in [5.41, 5.74) is -0.583. The first-order valence-corrected chi connectivity index (χ1v) is 5.56. The second-order valence-corrected chi connectivity index (χ2v) is 3.83. The van der Waals surface area contributed by atoms with Crippen molar-refractivity contribution in [1.29, 1.82) is 0 Å². The van der Waals surface area contributed by atoms with E-state index in [1.807, 2.05) is 0 Å². The van der Waals surface area contributed by atoms with Crippen LogP contribution < -0.4 is 16.2 Å². The molecular formula is C11H9N5O5. The summed E-state index contributed by atoms with van der Waals surface area (Å²) < 4.78 is 0. The second kappa shape index (κ2) is 5.69. The molecule has 2 rings (SSSR count). The minimum absolute atomic E-state index is 0.106. The molecule has 0 fully saturated rings. The average molecular weight is 291 g/mol. The van der Waals surface area contributed by atoms with Crippen LogP contribution in [0.5, 0.6) is 5.75 Å². The van der Waals surface area contributed by atoms with Crippen molar-refractivity contribution in [3.63, 3.8) is 0 Å². The number of rotatable bonds is 3. The summed E-state index contributed by atoms with van der Waals surface area (Å²) in [5, 5.41) is 24.1. The summed E-state index contributed by atoms with van der Waals surface area (Å²) in [4.78, 5) is 38.4. The zero-order chi connectivity index (χ0) is 15.4. The molecule has 21 heavy (non-hydrogen) atoms. The minimum Gasteiger partial charge on any atom is -0.502 e. The van der Waals surface area contributed by atoms with E-state index in [9.17, 15) is 19.7 Å². The van der Waals surface area contributed by atoms with Crippen LogP contribution in [0.2, 0.25) is 0 Å². The Balaban J connectivity index is 2.02. The van der Waals surface area contributed by atoms with Crippen LogP contribution in [0.25, 0.3) is 0 Å². The van der Waals surface area contributed by atoms with Gasteiger partial charge < -0.3 is 10.4 Å². The monoisotopic (exact) mass is 291 g/mol. The van der Waals surface area contributed by atoms with E-state index >= 15 is 0 Å². The molecule has 1 heterocycles. The second-order valence-electron chi connectivity index (χ2n) is 3.83. The van der Waals surface area contributed by atoms with Gasteiger partial charge in [-0.2, -0.15) is 0 Å². The van der Waals surface area contributed by atoms with Crippen LogP contribution in [-0.4, -0.2) is 26.0 Å². The Morgan fingerprint density at radius 2 is 1.95 bits per heavy atom. The number of carbonyl (C=O) groups is 1. The number of nitrogens with zero attached hydrogens (tertiary/aromatic N) is 2. The standard InChI is InChI=1S/C11H9N5O5/c17-8-5-12-10(14-9(8)18)15-11(19)13-6-1-3-7(4-2-6)16(20)21/h1-5,17H,(H3,12,13,14,15,18,19). The van der Waals surface area contributed by atoms with E-state index in [1.54, 1.807) is 0 Å². The van der Waals surface area contributed by atoms with E-state index in [0.29, 0.717) is 5.69 Å². The Morgan fingerprint density at radius 3 is 2.52 bits per heavy atom. The number of urea groups is 1. The molecule has 2 aromatic rings. The summed E-state index contributed by atoms with van der Waals surface area (Å²) in [6, 6.07) is 4.46. The first-order chi connectivity index (χ1) is 9.95. The fraction of sp³-hybridized carbons (Fsp3) is 0. The van der Waals surface area contributed by atoms with E-state index in [-0.39, 0.29) is 11.6 Å². The number of nitro groups is 1. The first-order valence-electron chi connectivity index (χ1n) is 5.56. The molecule has 0 unspecified atom stereocenters. The van der Waals surface area contributed by atoms with E-state index in [4.69, 9.17) is 5.11 Å². The van der Waals surface area contributed by atoms with Crippen LogP contribution in [0.1, 0.15) is 0 Å². The normalized spacial score (nSPS) is 9.90. The fourth-order valence-electron chi connectivity index (χ4n) is 1.39. The number of non-ortho nitro benzene ring substituents is 1. The molecule has 0 spiro atoms. The van der Waals surface area contributed by atoms with E-state index in [0.717, 1.165) is 6.20 Å². The molecule has 10 heteroatoms. The maximum absolute atomic E-state index is 11.6. The molecule has 2 amide bonds. The third-order valence-corrected chi connectivity index (χ3v) is 2.35. The number of benzene rings is 1. The van der Waals surface area contributed by atoms with E-state index in [2.05, 4.69) is 20.6 Å². The van der Waals surface area contributed by atoms with Crippen LogP contribution in [0.3, 0.4) is 0 Å². The number of carbonyl (C=O) groups excluding carboxylic acids is 1. The predicted molar refractivity (Wildman–Crippen MR) is 72.3 cm³/mol. The highest BCUT2D eigenvalue weighted by molar-refractivity contribution is 5.98. The first kappa shape index (κ1) is 14.0. The molecule has 0 radical (unpaired) electrons. The highest BCUT2D eigenvalue weighted by Crippen LogP contribution is 2.15. The predicted octanol–water partition coefficient (Wildman–Crippen LogP) is 1.03. The van der Waals surface area contributed by atoms with Crippen LogP contribution >= 0.6 is 0 Å². The summed E-state index contributed by atoms with van der Waals surface area (Å²) in [7, 11) is 0. The number of aromatic hydroxyl groups is 1. The topological polar surface area (TPSA) is 150 Å². The van der Waals surface area contributed by atoms with Crippen molar-refractivity contribution >= 4 is 23.4 Å². The quantitative estimate of drug-likeness (QED) is 0.489. The van der Waals surface area contributed by atoms with Gasteiger partial charge in [0.05, 0.1) is 11.1 Å². The lowest BCUT2D eigenvalue weighted by Gasteiger charge is -2.06. The molecule has 1 aromatic carbocycles. The molecule has 0 aliphatic carbocycles. The van der Waals surface area contributed by atoms with Crippen molar-refractivity contribution in [2.75, 3.05) is 10.6 Å². The van der Waals surface area contributed by atoms with Gasteiger partial charge in [0.2, 0.25) is 5.95 Å². The highest BCUT2D eigenvalue weighted by Gasteiger charge is 2.08. The van der Waals surface area contributed by atoms with Crippen molar-refractivity contribution in [2.45, 2.75) is 0 Å². The number of amides is 2. The van der Waals surface area contributed by atoms with Crippen molar-refractivity contribution in [3.05, 3.63) is 50.9 Å². The van der Waals surface area contributed by atoms with Gasteiger partial charge >= 0.3 is 6.03 Å². The number of aromatic nitrogens is 2. The molecule has 0 atom stereocenters. The third-order valence-electron chi connectivity index (χ3n) is 2.35. The third kappa shape index (κ3) is 3.53. The summed E-state index contributed by atoms with van der Waals surface area (Å²) >= 11 is 0. The molecule has 10 nitrogen and oxygen atoms in total. The Labute approximate surface area is 116 Å². The van der Waals surface area contributed by atoms with Gasteiger partial charge in [-0.05, 0) is 12.1 Å². The number of hydrogen-bond donors (Lipinski definition) is 4. The molecule has 1 aromatic heterocycles. The van der Waals surface area contributed by atoms with Gasteiger partial charge in [0, 0.05) is 17.8 Å². The van der Waals surface area contributed by atoms with E-state index in [1.165, 1.54) is 24.3 Å². The van der Waals surface area contributed by atoms with Gasteiger partial charge in [0.15, 0.2) is 5.75 Å². The maximum Gasteiger partial charge on any atom is 0.326 e. The molecule has 0 saturated carbocycles. The summed E-state index contributed by atoms with van der Waals surface area (Å²) in [5.74, 6) is -0.728. The summed E-state index contributed by atoms with van der Waals surface area (Å²) in [6.07, 6.45) is 0.889. The van der Waals surface area contributed by atoms with Gasteiger partial charge in [0.25, 0.3) is 11.2 Å². The number of nitro benzene ring substituents is 1. The largest absolute Gasteiger partial charge is 0.502 e. The highest BCUT2D eigenvalue weighted by atomic mass is 16.6. The lowest BCUT2D eigenvalue weighted by Crippen LogP contribution is -2.22. The number of anilines is 2. The SMILES string of the molecule is O=C(Nc1ccc([N+](=O)[O-])cc1)Nc1ncc(O)c(=O)[nH]1. The molecule has 0 saturated heterocycles. The lowest BCUT2D eigenvalue weighted by atomic mass is 10.3. The fourth-order valence-corrected chi connectivity index (χ4v) is 1.39. The van der Waals surface area contributed by atoms with Gasteiger partial charge in [0.1, 0.15) is 0 Å². The number of aromatic amines is 1. The number of nitrogens with one attached hydrogen (secondary N) is 3. The van der Waals surface area contributed by atoms with E-state index < -0.39 is 22.3 Å². The molecular weight excluding hydrogens is 282 g/mol. The molecule has 0 aliphatic rings. The van der Waals surface area contributed by atoms with Gasteiger partial charge in [-0.3, -0.25) is 25.2 Å². The molecule has 4 N–H and O–H groups in total.